The minimum atomic E-state index is -0.648. The Labute approximate surface area is 102 Å². The third-order valence-corrected chi connectivity index (χ3v) is 3.45. The van der Waals surface area contributed by atoms with Crippen LogP contribution in [0.5, 0.6) is 0 Å². The second-order valence-corrected chi connectivity index (χ2v) is 5.14. The van der Waals surface area contributed by atoms with Gasteiger partial charge in [-0.05, 0) is 19.8 Å². The Kier molecular flexibility index (Phi) is 4.27. The third-order valence-electron chi connectivity index (χ3n) is 3.05. The number of hydrogen-bond acceptors (Lipinski definition) is 3. The molecule has 2 N–H and O–H groups in total. The molecular weight excluding hydrogens is 224 g/mol. The van der Waals surface area contributed by atoms with Gasteiger partial charge in [-0.1, -0.05) is 19.1 Å². The number of likely N-dealkylation sites (N-methyl/N-ethyl adjacent to an activating group) is 1. The standard InChI is InChI=1S/C11H20N2O2S/c1-8(9(12)16)7-13(3)10(14)11(2)5-4-6-15-11/h8H,4-7H2,1-3H3,(H2,12,16). The van der Waals surface area contributed by atoms with Crippen molar-refractivity contribution in [3.05, 3.63) is 0 Å². The van der Waals surface area contributed by atoms with Gasteiger partial charge >= 0.3 is 0 Å². The Balaban J connectivity index is 2.56. The monoisotopic (exact) mass is 244 g/mol. The van der Waals surface area contributed by atoms with Crippen LogP contribution in [-0.2, 0) is 9.53 Å². The molecule has 1 saturated heterocycles. The first-order valence-electron chi connectivity index (χ1n) is 5.55. The summed E-state index contributed by atoms with van der Waals surface area (Å²) in [5.41, 5.74) is 4.88. The summed E-state index contributed by atoms with van der Waals surface area (Å²) in [5, 5.41) is 0. The molecule has 1 heterocycles. The van der Waals surface area contributed by atoms with Crippen LogP contribution < -0.4 is 5.73 Å². The van der Waals surface area contributed by atoms with E-state index >= 15 is 0 Å². The largest absolute Gasteiger partial charge is 0.393 e. The highest BCUT2D eigenvalue weighted by atomic mass is 32.1. The van der Waals surface area contributed by atoms with Gasteiger partial charge in [-0.2, -0.15) is 0 Å². The van der Waals surface area contributed by atoms with Crippen molar-refractivity contribution in [2.45, 2.75) is 32.3 Å². The molecule has 1 aliphatic heterocycles. The third kappa shape index (κ3) is 2.92. The molecule has 0 saturated carbocycles. The first kappa shape index (κ1) is 13.4. The Hall–Kier alpha value is -0.680. The van der Waals surface area contributed by atoms with Gasteiger partial charge in [0.1, 0.15) is 5.60 Å². The molecule has 0 aromatic carbocycles. The molecule has 0 radical (unpaired) electrons. The first-order chi connectivity index (χ1) is 7.37. The SMILES string of the molecule is CC(CN(C)C(=O)C1(C)CCCO1)C(N)=S. The van der Waals surface area contributed by atoms with Gasteiger partial charge in [0.2, 0.25) is 0 Å². The molecule has 0 aromatic rings. The smallest absolute Gasteiger partial charge is 0.254 e. The number of hydrogen-bond donors (Lipinski definition) is 1. The molecule has 2 unspecified atom stereocenters. The van der Waals surface area contributed by atoms with Crippen LogP contribution in [0.25, 0.3) is 0 Å². The lowest BCUT2D eigenvalue weighted by atomic mass is 10.0. The van der Waals surface area contributed by atoms with Crippen LogP contribution in [0, 0.1) is 5.92 Å². The topological polar surface area (TPSA) is 55.6 Å². The minimum absolute atomic E-state index is 0.0214. The predicted octanol–water partition coefficient (Wildman–Crippen LogP) is 0.936. The summed E-state index contributed by atoms with van der Waals surface area (Å²) in [5.74, 6) is 0.0575. The van der Waals surface area contributed by atoms with Gasteiger partial charge in [-0.15, -0.1) is 0 Å². The van der Waals surface area contributed by atoms with Gasteiger partial charge in [0.25, 0.3) is 5.91 Å². The van der Waals surface area contributed by atoms with Crippen molar-refractivity contribution in [2.75, 3.05) is 20.2 Å². The van der Waals surface area contributed by atoms with Crippen LogP contribution in [0.4, 0.5) is 0 Å². The lowest BCUT2D eigenvalue weighted by Crippen LogP contribution is -2.47. The van der Waals surface area contributed by atoms with E-state index in [0.29, 0.717) is 18.1 Å². The van der Waals surface area contributed by atoms with Crippen LogP contribution in [-0.4, -0.2) is 41.6 Å². The predicted molar refractivity (Wildman–Crippen MR) is 67.2 cm³/mol. The van der Waals surface area contributed by atoms with E-state index in [4.69, 9.17) is 22.7 Å². The van der Waals surface area contributed by atoms with Crippen molar-refractivity contribution >= 4 is 23.1 Å². The quantitative estimate of drug-likeness (QED) is 0.748. The minimum Gasteiger partial charge on any atom is -0.393 e. The number of nitrogens with two attached hydrogens (primary N) is 1. The van der Waals surface area contributed by atoms with E-state index in [0.717, 1.165) is 12.8 Å². The van der Waals surface area contributed by atoms with Gasteiger partial charge in [-0.3, -0.25) is 4.79 Å². The van der Waals surface area contributed by atoms with E-state index in [9.17, 15) is 4.79 Å². The molecule has 0 spiro atoms. The molecule has 1 amide bonds. The van der Waals surface area contributed by atoms with Crippen molar-refractivity contribution in [3.63, 3.8) is 0 Å². The van der Waals surface area contributed by atoms with Crippen LogP contribution >= 0.6 is 12.2 Å². The number of rotatable bonds is 4. The molecule has 16 heavy (non-hydrogen) atoms. The number of amides is 1. The average molecular weight is 244 g/mol. The molecule has 1 fully saturated rings. The fourth-order valence-electron chi connectivity index (χ4n) is 1.94. The highest BCUT2D eigenvalue weighted by molar-refractivity contribution is 7.80. The number of ether oxygens (including phenoxy) is 1. The van der Waals surface area contributed by atoms with Crippen molar-refractivity contribution < 1.29 is 9.53 Å². The second-order valence-electron chi connectivity index (χ2n) is 4.67. The Morgan fingerprint density at radius 2 is 2.31 bits per heavy atom. The first-order valence-corrected chi connectivity index (χ1v) is 5.96. The fourth-order valence-corrected chi connectivity index (χ4v) is 2.01. The van der Waals surface area contributed by atoms with Crippen molar-refractivity contribution in [1.82, 2.24) is 4.90 Å². The number of nitrogens with zero attached hydrogens (tertiary/aromatic N) is 1. The molecule has 4 nitrogen and oxygen atoms in total. The lowest BCUT2D eigenvalue weighted by Gasteiger charge is -2.29. The van der Waals surface area contributed by atoms with Crippen molar-refractivity contribution in [3.8, 4) is 0 Å². The van der Waals surface area contributed by atoms with E-state index in [2.05, 4.69) is 0 Å². The van der Waals surface area contributed by atoms with Gasteiger partial charge in [-0.25, -0.2) is 0 Å². The lowest BCUT2D eigenvalue weighted by molar-refractivity contribution is -0.149. The van der Waals surface area contributed by atoms with Gasteiger partial charge < -0.3 is 15.4 Å². The summed E-state index contributed by atoms with van der Waals surface area (Å²) in [7, 11) is 1.77. The van der Waals surface area contributed by atoms with Gasteiger partial charge in [0.15, 0.2) is 0 Å². The summed E-state index contributed by atoms with van der Waals surface area (Å²) in [6, 6.07) is 0. The zero-order chi connectivity index (χ0) is 12.3. The number of thiocarbonyl (C=S) groups is 1. The van der Waals surface area contributed by atoms with E-state index < -0.39 is 5.60 Å². The fraction of sp³-hybridized carbons (Fsp3) is 0.818. The maximum Gasteiger partial charge on any atom is 0.254 e. The number of carbonyl (C=O) groups is 1. The Bertz CT molecular complexity index is 288. The summed E-state index contributed by atoms with van der Waals surface area (Å²) in [6.45, 7) is 4.99. The number of carbonyl (C=O) groups excluding carboxylic acids is 1. The molecule has 0 bridgehead atoms. The highest BCUT2D eigenvalue weighted by Gasteiger charge is 2.39. The summed E-state index contributed by atoms with van der Waals surface area (Å²) in [6.07, 6.45) is 1.73. The van der Waals surface area contributed by atoms with Gasteiger partial charge in [0, 0.05) is 26.1 Å². The Morgan fingerprint density at radius 3 is 2.75 bits per heavy atom. The maximum absolute atomic E-state index is 12.1. The Morgan fingerprint density at radius 1 is 1.69 bits per heavy atom. The van der Waals surface area contributed by atoms with E-state index in [-0.39, 0.29) is 11.8 Å². The zero-order valence-corrected chi connectivity index (χ0v) is 11.0. The van der Waals surface area contributed by atoms with E-state index in [1.165, 1.54) is 0 Å². The molecule has 0 aromatic heterocycles. The summed E-state index contributed by atoms with van der Waals surface area (Å²) in [4.78, 5) is 14.2. The second kappa shape index (κ2) is 5.10. The highest BCUT2D eigenvalue weighted by Crippen LogP contribution is 2.27. The van der Waals surface area contributed by atoms with Crippen LogP contribution in [0.1, 0.15) is 26.7 Å². The molecule has 2 atom stereocenters. The van der Waals surface area contributed by atoms with Crippen molar-refractivity contribution in [1.29, 1.82) is 0 Å². The molecule has 0 aliphatic carbocycles. The van der Waals surface area contributed by atoms with Gasteiger partial charge in [0.05, 0.1) is 4.99 Å². The molecule has 1 rings (SSSR count). The van der Waals surface area contributed by atoms with E-state index in [1.807, 2.05) is 13.8 Å². The summed E-state index contributed by atoms with van der Waals surface area (Å²) < 4.78 is 5.51. The molecule has 5 heteroatoms. The zero-order valence-electron chi connectivity index (χ0n) is 10.2. The van der Waals surface area contributed by atoms with Crippen molar-refractivity contribution in [2.24, 2.45) is 11.7 Å². The normalized spacial score (nSPS) is 26.4. The van der Waals surface area contributed by atoms with E-state index in [1.54, 1.807) is 11.9 Å². The molecular formula is C11H20N2O2S. The molecule has 92 valence electrons. The molecule has 1 aliphatic rings. The summed E-state index contributed by atoms with van der Waals surface area (Å²) >= 11 is 4.89. The average Bonchev–Trinajstić information content (AvgIpc) is 2.64. The maximum atomic E-state index is 12.1. The van der Waals surface area contributed by atoms with Crippen LogP contribution in [0.3, 0.4) is 0 Å². The van der Waals surface area contributed by atoms with Crippen LogP contribution in [0.15, 0.2) is 0 Å². The van der Waals surface area contributed by atoms with Crippen LogP contribution in [0.2, 0.25) is 0 Å².